The smallest absolute Gasteiger partial charge is 0.227 e. The van der Waals surface area contributed by atoms with E-state index in [9.17, 15) is 4.79 Å². The molecular weight excluding hydrogens is 318 g/mol. The summed E-state index contributed by atoms with van der Waals surface area (Å²) in [5.74, 6) is 1.60. The minimum absolute atomic E-state index is 0.0509. The van der Waals surface area contributed by atoms with E-state index in [0.29, 0.717) is 31.1 Å². The fourth-order valence-corrected chi connectivity index (χ4v) is 2.34. The van der Waals surface area contributed by atoms with Gasteiger partial charge in [0.05, 0.1) is 7.11 Å². The molecule has 0 saturated heterocycles. The first-order chi connectivity index (χ1) is 12.2. The van der Waals surface area contributed by atoms with Crippen LogP contribution in [0.15, 0.2) is 59.1 Å². The lowest BCUT2D eigenvalue weighted by atomic mass is 10.2. The zero-order valence-electron chi connectivity index (χ0n) is 13.9. The van der Waals surface area contributed by atoms with Gasteiger partial charge in [0, 0.05) is 24.9 Å². The molecule has 128 valence electrons. The quantitative estimate of drug-likeness (QED) is 0.717. The van der Waals surface area contributed by atoms with Gasteiger partial charge in [0.15, 0.2) is 0 Å². The number of amides is 1. The van der Waals surface area contributed by atoms with Crippen molar-refractivity contribution in [1.82, 2.24) is 15.5 Å². The maximum Gasteiger partial charge on any atom is 0.227 e. The largest absolute Gasteiger partial charge is 0.497 e. The van der Waals surface area contributed by atoms with E-state index in [-0.39, 0.29) is 5.91 Å². The van der Waals surface area contributed by atoms with Crippen molar-refractivity contribution in [1.29, 1.82) is 0 Å². The summed E-state index contributed by atoms with van der Waals surface area (Å²) in [5, 5.41) is 6.84. The van der Waals surface area contributed by atoms with Gasteiger partial charge in [0.25, 0.3) is 0 Å². The molecular formula is C19H19N3O3. The van der Waals surface area contributed by atoms with Crippen molar-refractivity contribution in [3.05, 3.63) is 66.1 Å². The van der Waals surface area contributed by atoms with Gasteiger partial charge < -0.3 is 14.6 Å². The molecule has 0 spiro atoms. The highest BCUT2D eigenvalue weighted by Crippen LogP contribution is 2.21. The zero-order chi connectivity index (χ0) is 17.5. The van der Waals surface area contributed by atoms with E-state index in [0.717, 1.165) is 16.9 Å². The second-order valence-electron chi connectivity index (χ2n) is 5.51. The number of aryl methyl sites for hydroxylation is 1. The molecule has 0 aliphatic carbocycles. The molecule has 6 heteroatoms. The fourth-order valence-electron chi connectivity index (χ4n) is 2.34. The van der Waals surface area contributed by atoms with Crippen molar-refractivity contribution in [2.45, 2.75) is 19.4 Å². The van der Waals surface area contributed by atoms with Crippen molar-refractivity contribution >= 4 is 5.91 Å². The molecule has 6 nitrogen and oxygen atoms in total. The Morgan fingerprint density at radius 3 is 2.80 bits per heavy atom. The van der Waals surface area contributed by atoms with E-state index in [1.165, 1.54) is 0 Å². The Labute approximate surface area is 145 Å². The molecule has 0 atom stereocenters. The lowest BCUT2D eigenvalue weighted by molar-refractivity contribution is -0.121. The number of benzene rings is 2. The lowest BCUT2D eigenvalue weighted by Gasteiger charge is -2.03. The summed E-state index contributed by atoms with van der Waals surface area (Å²) in [5.41, 5.74) is 1.87. The van der Waals surface area contributed by atoms with Crippen molar-refractivity contribution < 1.29 is 14.1 Å². The van der Waals surface area contributed by atoms with E-state index in [2.05, 4.69) is 15.5 Å². The number of aromatic nitrogens is 2. The van der Waals surface area contributed by atoms with Gasteiger partial charge in [0.1, 0.15) is 5.75 Å². The van der Waals surface area contributed by atoms with E-state index in [4.69, 9.17) is 9.26 Å². The Morgan fingerprint density at radius 1 is 1.16 bits per heavy atom. The van der Waals surface area contributed by atoms with Gasteiger partial charge in [-0.3, -0.25) is 4.79 Å². The number of carbonyl (C=O) groups is 1. The molecule has 1 amide bonds. The first-order valence-corrected chi connectivity index (χ1v) is 8.02. The standard InChI is InChI=1S/C19H19N3O3/c1-24-16-9-5-8-15(12-16)19-21-18(25-22-19)11-10-17(23)20-13-14-6-3-2-4-7-14/h2-9,12H,10-11,13H2,1H3,(H,20,23). The third-order valence-electron chi connectivity index (χ3n) is 3.69. The van der Waals surface area contributed by atoms with Crippen molar-refractivity contribution in [2.75, 3.05) is 7.11 Å². The van der Waals surface area contributed by atoms with Gasteiger partial charge in [-0.15, -0.1) is 0 Å². The van der Waals surface area contributed by atoms with Crippen LogP contribution in [-0.2, 0) is 17.8 Å². The number of hydrogen-bond donors (Lipinski definition) is 1. The Hall–Kier alpha value is -3.15. The predicted octanol–water partition coefficient (Wildman–Crippen LogP) is 2.99. The van der Waals surface area contributed by atoms with Gasteiger partial charge in [-0.2, -0.15) is 4.98 Å². The minimum Gasteiger partial charge on any atom is -0.497 e. The fraction of sp³-hybridized carbons (Fsp3) is 0.211. The SMILES string of the molecule is COc1cccc(-c2noc(CCC(=O)NCc3ccccc3)n2)c1. The molecule has 0 aliphatic rings. The summed E-state index contributed by atoms with van der Waals surface area (Å²) >= 11 is 0. The lowest BCUT2D eigenvalue weighted by Crippen LogP contribution is -2.22. The molecule has 0 aliphatic heterocycles. The predicted molar refractivity (Wildman–Crippen MR) is 92.9 cm³/mol. The Kier molecular flexibility index (Phi) is 5.41. The monoisotopic (exact) mass is 337 g/mol. The number of nitrogens with zero attached hydrogens (tertiary/aromatic N) is 2. The van der Waals surface area contributed by atoms with E-state index in [1.807, 2.05) is 54.6 Å². The van der Waals surface area contributed by atoms with Crippen LogP contribution in [0.2, 0.25) is 0 Å². The number of ether oxygens (including phenoxy) is 1. The average Bonchev–Trinajstić information content (AvgIpc) is 3.15. The normalized spacial score (nSPS) is 10.4. The Morgan fingerprint density at radius 2 is 2.00 bits per heavy atom. The number of nitrogens with one attached hydrogen (secondary N) is 1. The van der Waals surface area contributed by atoms with E-state index in [1.54, 1.807) is 7.11 Å². The van der Waals surface area contributed by atoms with Gasteiger partial charge in [0.2, 0.25) is 17.6 Å². The maximum atomic E-state index is 11.9. The van der Waals surface area contributed by atoms with Crippen LogP contribution in [0.4, 0.5) is 0 Å². The molecule has 0 unspecified atom stereocenters. The topological polar surface area (TPSA) is 77.2 Å². The van der Waals surface area contributed by atoms with Gasteiger partial charge in [-0.25, -0.2) is 0 Å². The first-order valence-electron chi connectivity index (χ1n) is 8.02. The minimum atomic E-state index is -0.0509. The van der Waals surface area contributed by atoms with E-state index >= 15 is 0 Å². The molecule has 3 rings (SSSR count). The highest BCUT2D eigenvalue weighted by molar-refractivity contribution is 5.76. The summed E-state index contributed by atoms with van der Waals surface area (Å²) in [4.78, 5) is 16.3. The molecule has 3 aromatic rings. The zero-order valence-corrected chi connectivity index (χ0v) is 13.9. The van der Waals surface area contributed by atoms with Crippen LogP contribution in [0.25, 0.3) is 11.4 Å². The molecule has 1 heterocycles. The Balaban J connectivity index is 1.52. The summed E-state index contributed by atoms with van der Waals surface area (Å²) < 4.78 is 10.4. The summed E-state index contributed by atoms with van der Waals surface area (Å²) in [7, 11) is 1.61. The summed E-state index contributed by atoms with van der Waals surface area (Å²) in [6, 6.07) is 17.2. The van der Waals surface area contributed by atoms with Crippen LogP contribution < -0.4 is 10.1 Å². The Bertz CT molecular complexity index is 831. The second kappa shape index (κ2) is 8.10. The van der Waals surface area contributed by atoms with Gasteiger partial charge >= 0.3 is 0 Å². The maximum absolute atomic E-state index is 11.9. The third kappa shape index (κ3) is 4.67. The summed E-state index contributed by atoms with van der Waals surface area (Å²) in [6.45, 7) is 0.512. The van der Waals surface area contributed by atoms with Gasteiger partial charge in [-0.05, 0) is 17.7 Å². The first kappa shape index (κ1) is 16.7. The number of rotatable bonds is 7. The van der Waals surface area contributed by atoms with Crippen LogP contribution in [0, 0.1) is 0 Å². The van der Waals surface area contributed by atoms with Crippen molar-refractivity contribution in [2.24, 2.45) is 0 Å². The van der Waals surface area contributed by atoms with Gasteiger partial charge in [-0.1, -0.05) is 47.6 Å². The van der Waals surface area contributed by atoms with E-state index < -0.39 is 0 Å². The molecule has 25 heavy (non-hydrogen) atoms. The molecule has 0 fully saturated rings. The molecule has 0 saturated carbocycles. The van der Waals surface area contributed by atoms with Crippen LogP contribution in [0.1, 0.15) is 17.9 Å². The molecule has 1 aromatic heterocycles. The van der Waals surface area contributed by atoms with Crippen LogP contribution >= 0.6 is 0 Å². The van der Waals surface area contributed by atoms with Crippen LogP contribution in [-0.4, -0.2) is 23.2 Å². The number of hydrogen-bond acceptors (Lipinski definition) is 5. The van der Waals surface area contributed by atoms with Crippen LogP contribution in [0.5, 0.6) is 5.75 Å². The number of carbonyl (C=O) groups excluding carboxylic acids is 1. The highest BCUT2D eigenvalue weighted by Gasteiger charge is 2.11. The molecule has 0 bridgehead atoms. The van der Waals surface area contributed by atoms with Crippen molar-refractivity contribution in [3.8, 4) is 17.1 Å². The van der Waals surface area contributed by atoms with Crippen molar-refractivity contribution in [3.63, 3.8) is 0 Å². The number of methoxy groups -OCH3 is 1. The van der Waals surface area contributed by atoms with Crippen LogP contribution in [0.3, 0.4) is 0 Å². The highest BCUT2D eigenvalue weighted by atomic mass is 16.5. The third-order valence-corrected chi connectivity index (χ3v) is 3.69. The average molecular weight is 337 g/mol. The summed E-state index contributed by atoms with van der Waals surface area (Å²) in [6.07, 6.45) is 0.699. The molecule has 1 N–H and O–H groups in total. The molecule has 2 aromatic carbocycles. The molecule has 0 radical (unpaired) electrons. The second-order valence-corrected chi connectivity index (χ2v) is 5.51.